The molecule has 0 radical (unpaired) electrons. The fourth-order valence-corrected chi connectivity index (χ4v) is 3.26. The maximum atomic E-state index is 12.8. The molecule has 162 valence electrons. The number of carbonyl (C=O) groups excluding carboxylic acids is 2. The summed E-state index contributed by atoms with van der Waals surface area (Å²) in [6, 6.07) is 16.2. The number of nitrogens with zero attached hydrogens (tertiary/aromatic N) is 1. The van der Waals surface area contributed by atoms with E-state index in [2.05, 4.69) is 10.6 Å². The first-order valence-corrected chi connectivity index (χ1v) is 9.74. The lowest BCUT2D eigenvalue weighted by Crippen LogP contribution is -2.25. The van der Waals surface area contributed by atoms with Crippen LogP contribution in [0.4, 0.5) is 11.4 Å². The summed E-state index contributed by atoms with van der Waals surface area (Å²) < 4.78 is 10.6. The van der Waals surface area contributed by atoms with Crippen molar-refractivity contribution < 1.29 is 24.0 Å². The highest BCUT2D eigenvalue weighted by atomic mass is 16.7. The molecule has 3 aromatic carbocycles. The predicted octanol–water partition coefficient (Wildman–Crippen LogP) is 3.81. The number of nitro benzene ring substituents is 1. The van der Waals surface area contributed by atoms with Gasteiger partial charge in [-0.3, -0.25) is 19.7 Å². The van der Waals surface area contributed by atoms with Gasteiger partial charge in [-0.15, -0.1) is 0 Å². The van der Waals surface area contributed by atoms with E-state index in [-0.39, 0.29) is 36.1 Å². The maximum Gasteiger partial charge on any atom is 0.273 e. The highest BCUT2D eigenvalue weighted by Gasteiger charge is 2.18. The average Bonchev–Trinajstić information content (AvgIpc) is 3.26. The normalized spacial score (nSPS) is 11.7. The maximum absolute atomic E-state index is 12.8. The van der Waals surface area contributed by atoms with Crippen molar-refractivity contribution in [3.05, 3.63) is 93.0 Å². The van der Waals surface area contributed by atoms with Crippen LogP contribution in [0.15, 0.2) is 60.7 Å². The molecule has 2 N–H and O–H groups in total. The monoisotopic (exact) mass is 433 g/mol. The Kier molecular flexibility index (Phi) is 5.71. The van der Waals surface area contributed by atoms with Gasteiger partial charge >= 0.3 is 0 Å². The van der Waals surface area contributed by atoms with Gasteiger partial charge in [0.15, 0.2) is 11.5 Å². The molecule has 1 aliphatic heterocycles. The van der Waals surface area contributed by atoms with Gasteiger partial charge < -0.3 is 20.1 Å². The third-order valence-electron chi connectivity index (χ3n) is 4.98. The van der Waals surface area contributed by atoms with E-state index in [9.17, 15) is 19.7 Å². The molecule has 0 bridgehead atoms. The molecule has 0 saturated carbocycles. The zero-order chi connectivity index (χ0) is 22.7. The van der Waals surface area contributed by atoms with Crippen LogP contribution in [0.25, 0.3) is 0 Å². The van der Waals surface area contributed by atoms with E-state index in [0.717, 1.165) is 5.56 Å². The summed E-state index contributed by atoms with van der Waals surface area (Å²) in [5.74, 6) is 0.346. The lowest BCUT2D eigenvalue weighted by Gasteiger charge is -2.12. The van der Waals surface area contributed by atoms with Crippen LogP contribution in [-0.4, -0.2) is 23.5 Å². The minimum absolute atomic E-state index is 0.123. The Bertz CT molecular complexity index is 1220. The molecule has 32 heavy (non-hydrogen) atoms. The first-order chi connectivity index (χ1) is 15.4. The number of aryl methyl sites for hydroxylation is 1. The molecule has 1 aliphatic rings. The lowest BCUT2D eigenvalue weighted by molar-refractivity contribution is -0.385. The Balaban J connectivity index is 1.47. The van der Waals surface area contributed by atoms with E-state index < -0.39 is 10.8 Å². The van der Waals surface area contributed by atoms with Gasteiger partial charge in [-0.2, -0.15) is 0 Å². The first kappa shape index (κ1) is 20.9. The van der Waals surface area contributed by atoms with Gasteiger partial charge in [0, 0.05) is 23.7 Å². The van der Waals surface area contributed by atoms with E-state index in [1.54, 1.807) is 43.3 Å². The van der Waals surface area contributed by atoms with E-state index in [4.69, 9.17) is 9.47 Å². The van der Waals surface area contributed by atoms with Crippen LogP contribution in [0, 0.1) is 17.0 Å². The number of benzene rings is 3. The Morgan fingerprint density at radius 3 is 2.59 bits per heavy atom. The summed E-state index contributed by atoms with van der Waals surface area (Å²) in [5.41, 5.74) is 1.82. The standard InChI is InChI=1S/C23H19N3O6/c1-14-6-8-16(11-19(14)26(29)30)22(27)25-18-5-3-2-4-17(18)23(28)24-12-15-7-9-20-21(10-15)32-13-31-20/h2-11H,12-13H2,1H3,(H,24,28)(H,25,27). The van der Waals surface area contributed by atoms with Crippen molar-refractivity contribution in [1.82, 2.24) is 5.32 Å². The zero-order valence-corrected chi connectivity index (χ0v) is 17.1. The van der Waals surface area contributed by atoms with Crippen molar-refractivity contribution in [2.24, 2.45) is 0 Å². The molecular formula is C23H19N3O6. The van der Waals surface area contributed by atoms with Crippen LogP contribution in [0.1, 0.15) is 31.8 Å². The zero-order valence-electron chi connectivity index (χ0n) is 17.1. The molecular weight excluding hydrogens is 414 g/mol. The SMILES string of the molecule is Cc1ccc(C(=O)Nc2ccccc2C(=O)NCc2ccc3c(c2)OCO3)cc1[N+](=O)[O-]. The van der Waals surface area contributed by atoms with Crippen molar-refractivity contribution in [2.45, 2.75) is 13.5 Å². The molecule has 0 atom stereocenters. The number of amides is 2. The van der Waals surface area contributed by atoms with E-state index in [1.165, 1.54) is 18.2 Å². The molecule has 9 heteroatoms. The lowest BCUT2D eigenvalue weighted by atomic mass is 10.1. The fraction of sp³-hybridized carbons (Fsp3) is 0.130. The Labute approximate surface area is 183 Å². The van der Waals surface area contributed by atoms with E-state index >= 15 is 0 Å². The van der Waals surface area contributed by atoms with Crippen LogP contribution in [0.5, 0.6) is 11.5 Å². The Morgan fingerprint density at radius 1 is 1.00 bits per heavy atom. The quantitative estimate of drug-likeness (QED) is 0.451. The first-order valence-electron chi connectivity index (χ1n) is 9.74. The number of nitrogens with one attached hydrogen (secondary N) is 2. The van der Waals surface area contributed by atoms with Crippen molar-refractivity contribution in [3.63, 3.8) is 0 Å². The van der Waals surface area contributed by atoms with Crippen molar-refractivity contribution in [1.29, 1.82) is 0 Å². The molecule has 0 fully saturated rings. The van der Waals surface area contributed by atoms with Crippen molar-refractivity contribution in [2.75, 3.05) is 12.1 Å². The van der Waals surface area contributed by atoms with Crippen LogP contribution < -0.4 is 20.1 Å². The molecule has 0 saturated heterocycles. The van der Waals surface area contributed by atoms with Crippen LogP contribution in [0.2, 0.25) is 0 Å². The number of carbonyl (C=O) groups is 2. The number of hydrogen-bond acceptors (Lipinski definition) is 6. The average molecular weight is 433 g/mol. The minimum atomic E-state index is -0.552. The molecule has 0 aliphatic carbocycles. The molecule has 4 rings (SSSR count). The second kappa shape index (κ2) is 8.76. The van der Waals surface area contributed by atoms with Gasteiger partial charge in [-0.05, 0) is 42.8 Å². The van der Waals surface area contributed by atoms with Crippen molar-refractivity contribution >= 4 is 23.2 Å². The Hall–Kier alpha value is -4.40. The predicted molar refractivity (Wildman–Crippen MR) is 116 cm³/mol. The molecule has 9 nitrogen and oxygen atoms in total. The van der Waals surface area contributed by atoms with Gasteiger partial charge in [0.2, 0.25) is 6.79 Å². The van der Waals surface area contributed by atoms with Gasteiger partial charge in [0.25, 0.3) is 17.5 Å². The van der Waals surface area contributed by atoms with E-state index in [0.29, 0.717) is 22.7 Å². The number of rotatable bonds is 6. The summed E-state index contributed by atoms with van der Waals surface area (Å²) in [6.45, 7) is 2.02. The summed E-state index contributed by atoms with van der Waals surface area (Å²) in [7, 11) is 0. The molecule has 0 aromatic heterocycles. The van der Waals surface area contributed by atoms with Gasteiger partial charge in [-0.25, -0.2) is 0 Å². The largest absolute Gasteiger partial charge is 0.454 e. The van der Waals surface area contributed by atoms with Gasteiger partial charge in [0.1, 0.15) is 0 Å². The van der Waals surface area contributed by atoms with Crippen LogP contribution in [-0.2, 0) is 6.54 Å². The Morgan fingerprint density at radius 2 is 1.78 bits per heavy atom. The number of anilines is 1. The molecule has 0 unspecified atom stereocenters. The summed E-state index contributed by atoms with van der Waals surface area (Å²) in [6.07, 6.45) is 0. The number of hydrogen-bond donors (Lipinski definition) is 2. The van der Waals surface area contributed by atoms with Gasteiger partial charge in [0.05, 0.1) is 16.2 Å². The van der Waals surface area contributed by atoms with Crippen molar-refractivity contribution in [3.8, 4) is 11.5 Å². The summed E-state index contributed by atoms with van der Waals surface area (Å²) in [5, 5.41) is 16.6. The highest BCUT2D eigenvalue weighted by Crippen LogP contribution is 2.32. The highest BCUT2D eigenvalue weighted by molar-refractivity contribution is 6.09. The molecule has 3 aromatic rings. The number of nitro groups is 1. The number of para-hydroxylation sites is 1. The van der Waals surface area contributed by atoms with E-state index in [1.807, 2.05) is 6.07 Å². The summed E-state index contributed by atoms with van der Waals surface area (Å²) in [4.78, 5) is 36.1. The minimum Gasteiger partial charge on any atom is -0.454 e. The molecule has 1 heterocycles. The topological polar surface area (TPSA) is 120 Å². The summed E-state index contributed by atoms with van der Waals surface area (Å²) >= 11 is 0. The number of fused-ring (bicyclic) bond motifs is 1. The van der Waals surface area contributed by atoms with Crippen LogP contribution in [0.3, 0.4) is 0 Å². The second-order valence-electron chi connectivity index (χ2n) is 7.13. The van der Waals surface area contributed by atoms with Gasteiger partial charge in [-0.1, -0.05) is 24.3 Å². The molecule has 2 amide bonds. The fourth-order valence-electron chi connectivity index (χ4n) is 3.26. The van der Waals surface area contributed by atoms with Crippen LogP contribution >= 0.6 is 0 Å². The molecule has 0 spiro atoms. The number of ether oxygens (including phenoxy) is 2. The second-order valence-corrected chi connectivity index (χ2v) is 7.13. The third kappa shape index (κ3) is 4.36. The third-order valence-corrected chi connectivity index (χ3v) is 4.98. The smallest absolute Gasteiger partial charge is 0.273 e.